The Bertz CT molecular complexity index is 556. The van der Waals surface area contributed by atoms with Crippen molar-refractivity contribution in [3.05, 3.63) is 46.2 Å². The number of pyridine rings is 1. The van der Waals surface area contributed by atoms with Crippen molar-refractivity contribution in [1.82, 2.24) is 14.8 Å². The molecule has 0 saturated heterocycles. The molecule has 0 bridgehead atoms. The molecule has 0 amide bonds. The van der Waals surface area contributed by atoms with Gasteiger partial charge in [-0.2, -0.15) is 5.10 Å². The van der Waals surface area contributed by atoms with Gasteiger partial charge < -0.3 is 5.11 Å². The van der Waals surface area contributed by atoms with E-state index in [4.69, 9.17) is 0 Å². The van der Waals surface area contributed by atoms with E-state index >= 15 is 0 Å². The lowest BCUT2D eigenvalue weighted by Crippen LogP contribution is -2.14. The first-order chi connectivity index (χ1) is 8.52. The molecule has 2 heterocycles. The Balaban J connectivity index is 2.49. The molecule has 0 spiro atoms. The molecular weight excluding hydrogens is 301 g/mol. The summed E-state index contributed by atoms with van der Waals surface area (Å²) in [4.78, 5) is 3.89. The summed E-state index contributed by atoms with van der Waals surface area (Å²) < 4.78 is 15.9. The van der Waals surface area contributed by atoms with Crippen LogP contribution < -0.4 is 0 Å². The molecule has 1 atom stereocenters. The number of aromatic nitrogens is 3. The maximum atomic E-state index is 13.6. The highest BCUT2D eigenvalue weighted by Crippen LogP contribution is 2.30. The zero-order valence-corrected chi connectivity index (χ0v) is 11.6. The third kappa shape index (κ3) is 2.30. The van der Waals surface area contributed by atoms with Gasteiger partial charge >= 0.3 is 0 Å². The normalized spacial score (nSPS) is 13.0. The maximum absolute atomic E-state index is 13.6. The van der Waals surface area contributed by atoms with Crippen LogP contribution in [0.5, 0.6) is 0 Å². The van der Waals surface area contributed by atoms with Crippen molar-refractivity contribution in [2.75, 3.05) is 0 Å². The van der Waals surface area contributed by atoms with Crippen LogP contribution in [0, 0.1) is 5.82 Å². The Kier molecular flexibility index (Phi) is 3.77. The van der Waals surface area contributed by atoms with Crippen LogP contribution >= 0.6 is 15.9 Å². The quantitative estimate of drug-likeness (QED) is 0.948. The minimum Gasteiger partial charge on any atom is -0.380 e. The first-order valence-electron chi connectivity index (χ1n) is 5.53. The molecule has 2 aromatic rings. The van der Waals surface area contributed by atoms with E-state index in [0.717, 1.165) is 0 Å². The lowest BCUT2D eigenvalue weighted by Gasteiger charge is -2.16. The Morgan fingerprint density at radius 3 is 2.78 bits per heavy atom. The molecule has 1 N–H and O–H groups in total. The molecule has 18 heavy (non-hydrogen) atoms. The minimum atomic E-state index is -1.15. The number of aliphatic hydroxyl groups excluding tert-OH is 1. The van der Waals surface area contributed by atoms with Crippen LogP contribution in [-0.2, 0) is 0 Å². The monoisotopic (exact) mass is 313 g/mol. The summed E-state index contributed by atoms with van der Waals surface area (Å²) in [5.41, 5.74) is 0.503. The fraction of sp³-hybridized carbons (Fsp3) is 0.333. The number of nitrogens with zero attached hydrogens (tertiary/aromatic N) is 3. The second-order valence-electron chi connectivity index (χ2n) is 4.19. The summed E-state index contributed by atoms with van der Waals surface area (Å²) in [5.74, 6) is -0.534. The van der Waals surface area contributed by atoms with Crippen molar-refractivity contribution in [3.8, 4) is 0 Å². The summed E-state index contributed by atoms with van der Waals surface area (Å²) in [6.45, 7) is 3.87. The predicted molar refractivity (Wildman–Crippen MR) is 68.6 cm³/mol. The number of aliphatic hydroxyl groups is 1. The van der Waals surface area contributed by atoms with Gasteiger partial charge in [-0.05, 0) is 41.9 Å². The summed E-state index contributed by atoms with van der Waals surface area (Å²) >= 11 is 3.31. The third-order valence-electron chi connectivity index (χ3n) is 2.58. The van der Waals surface area contributed by atoms with E-state index < -0.39 is 11.9 Å². The number of rotatable bonds is 3. The van der Waals surface area contributed by atoms with Crippen molar-refractivity contribution >= 4 is 15.9 Å². The fourth-order valence-corrected chi connectivity index (χ4v) is 2.24. The third-order valence-corrected chi connectivity index (χ3v) is 3.19. The zero-order chi connectivity index (χ0) is 13.3. The minimum absolute atomic E-state index is 0.000556. The van der Waals surface area contributed by atoms with E-state index in [9.17, 15) is 9.50 Å². The Morgan fingerprint density at radius 2 is 2.17 bits per heavy atom. The number of hydrogen-bond donors (Lipinski definition) is 1. The standard InChI is InChI=1S/C12H13BrFN3O/c1-7(2)17-11(8(13)6-16-17)12(18)10-9(14)4-3-5-15-10/h3-7,12,18H,1-2H3. The predicted octanol–water partition coefficient (Wildman–Crippen LogP) is 2.84. The fourth-order valence-electron chi connectivity index (χ4n) is 1.75. The second kappa shape index (κ2) is 5.16. The van der Waals surface area contributed by atoms with Gasteiger partial charge in [0.2, 0.25) is 0 Å². The second-order valence-corrected chi connectivity index (χ2v) is 5.04. The van der Waals surface area contributed by atoms with Gasteiger partial charge in [-0.25, -0.2) is 4.39 Å². The average Bonchev–Trinajstić information content (AvgIpc) is 2.71. The summed E-state index contributed by atoms with van der Waals surface area (Å²) in [6, 6.07) is 2.82. The molecule has 0 fully saturated rings. The van der Waals surface area contributed by atoms with Gasteiger partial charge in [-0.3, -0.25) is 9.67 Å². The molecule has 0 aliphatic carbocycles. The molecule has 0 saturated carbocycles. The first kappa shape index (κ1) is 13.2. The molecule has 1 unspecified atom stereocenters. The summed E-state index contributed by atoms with van der Waals surface area (Å²) in [6.07, 6.45) is 1.89. The van der Waals surface area contributed by atoms with Crippen LogP contribution in [0.15, 0.2) is 29.0 Å². The largest absolute Gasteiger partial charge is 0.380 e. The van der Waals surface area contributed by atoms with E-state index in [1.165, 1.54) is 18.3 Å². The molecule has 0 aliphatic rings. The molecule has 96 valence electrons. The van der Waals surface area contributed by atoms with Gasteiger partial charge in [0, 0.05) is 12.2 Å². The Labute approximate surface area is 113 Å². The van der Waals surface area contributed by atoms with Crippen molar-refractivity contribution in [2.45, 2.75) is 26.0 Å². The lowest BCUT2D eigenvalue weighted by molar-refractivity contribution is 0.194. The molecule has 2 rings (SSSR count). The van der Waals surface area contributed by atoms with Gasteiger partial charge in [0.25, 0.3) is 0 Å². The van der Waals surface area contributed by atoms with E-state index in [-0.39, 0.29) is 11.7 Å². The summed E-state index contributed by atoms with van der Waals surface area (Å²) in [5, 5.41) is 14.4. The van der Waals surface area contributed by atoms with Gasteiger partial charge in [0.05, 0.1) is 16.4 Å². The van der Waals surface area contributed by atoms with Crippen LogP contribution in [0.2, 0.25) is 0 Å². The first-order valence-corrected chi connectivity index (χ1v) is 6.33. The van der Waals surface area contributed by atoms with Crippen molar-refractivity contribution in [2.24, 2.45) is 0 Å². The highest BCUT2D eigenvalue weighted by atomic mass is 79.9. The van der Waals surface area contributed by atoms with Gasteiger partial charge in [-0.15, -0.1) is 0 Å². The Morgan fingerprint density at radius 1 is 1.44 bits per heavy atom. The topological polar surface area (TPSA) is 50.9 Å². The molecule has 6 heteroatoms. The van der Waals surface area contributed by atoms with Crippen LogP contribution in [0.3, 0.4) is 0 Å². The number of halogens is 2. The van der Waals surface area contributed by atoms with Crippen molar-refractivity contribution < 1.29 is 9.50 Å². The smallest absolute Gasteiger partial charge is 0.147 e. The van der Waals surface area contributed by atoms with Crippen LogP contribution in [0.4, 0.5) is 4.39 Å². The van der Waals surface area contributed by atoms with Gasteiger partial charge in [0.15, 0.2) is 0 Å². The molecule has 2 aromatic heterocycles. The van der Waals surface area contributed by atoms with Gasteiger partial charge in [0.1, 0.15) is 17.6 Å². The van der Waals surface area contributed by atoms with E-state index in [2.05, 4.69) is 26.0 Å². The molecular formula is C12H13BrFN3O. The van der Waals surface area contributed by atoms with Crippen molar-refractivity contribution in [3.63, 3.8) is 0 Å². The highest BCUT2D eigenvalue weighted by molar-refractivity contribution is 9.10. The molecule has 0 radical (unpaired) electrons. The highest BCUT2D eigenvalue weighted by Gasteiger charge is 2.24. The molecule has 4 nitrogen and oxygen atoms in total. The summed E-state index contributed by atoms with van der Waals surface area (Å²) in [7, 11) is 0. The Hall–Kier alpha value is -1.27. The maximum Gasteiger partial charge on any atom is 0.147 e. The zero-order valence-electron chi connectivity index (χ0n) is 10.0. The van der Waals surface area contributed by atoms with E-state index in [0.29, 0.717) is 10.2 Å². The van der Waals surface area contributed by atoms with E-state index in [1.54, 1.807) is 10.9 Å². The SMILES string of the molecule is CC(C)n1ncc(Br)c1C(O)c1ncccc1F. The van der Waals surface area contributed by atoms with Crippen LogP contribution in [0.1, 0.15) is 37.4 Å². The van der Waals surface area contributed by atoms with Crippen LogP contribution in [0.25, 0.3) is 0 Å². The van der Waals surface area contributed by atoms with E-state index in [1.807, 2.05) is 13.8 Å². The average molecular weight is 314 g/mol. The number of hydrogen-bond acceptors (Lipinski definition) is 3. The van der Waals surface area contributed by atoms with Gasteiger partial charge in [-0.1, -0.05) is 0 Å². The van der Waals surface area contributed by atoms with Crippen molar-refractivity contribution in [1.29, 1.82) is 0 Å². The molecule has 0 aromatic carbocycles. The lowest BCUT2D eigenvalue weighted by atomic mass is 10.1. The molecule has 0 aliphatic heterocycles. The van der Waals surface area contributed by atoms with Crippen LogP contribution in [-0.4, -0.2) is 19.9 Å².